The highest BCUT2D eigenvalue weighted by atomic mass is 35.5. The van der Waals surface area contributed by atoms with Crippen LogP contribution in [0.5, 0.6) is 0 Å². The molecule has 2 aromatic heterocycles. The van der Waals surface area contributed by atoms with Crippen molar-refractivity contribution in [3.8, 4) is 11.3 Å². The molecule has 0 aliphatic heterocycles. The van der Waals surface area contributed by atoms with Gasteiger partial charge in [-0.2, -0.15) is 0 Å². The average molecular weight is 313 g/mol. The molecule has 0 atom stereocenters. The summed E-state index contributed by atoms with van der Waals surface area (Å²) in [4.78, 5) is 4.47. The van der Waals surface area contributed by atoms with E-state index in [1.165, 1.54) is 0 Å². The first-order chi connectivity index (χ1) is 9.06. The molecule has 0 spiro atoms. The van der Waals surface area contributed by atoms with Crippen LogP contribution in [0.2, 0.25) is 15.1 Å². The van der Waals surface area contributed by atoms with Crippen molar-refractivity contribution in [1.82, 2.24) is 9.38 Å². The van der Waals surface area contributed by atoms with Crippen LogP contribution in [0.1, 0.15) is 0 Å². The van der Waals surface area contributed by atoms with Crippen molar-refractivity contribution in [2.24, 2.45) is 0 Å². The number of hydrogen-bond donors (Lipinski definition) is 1. The third kappa shape index (κ3) is 2.14. The Bertz CT molecular complexity index is 780. The predicted molar refractivity (Wildman–Crippen MR) is 80.1 cm³/mol. The van der Waals surface area contributed by atoms with Gasteiger partial charge in [-0.1, -0.05) is 40.9 Å². The fourth-order valence-corrected chi connectivity index (χ4v) is 2.35. The lowest BCUT2D eigenvalue weighted by molar-refractivity contribution is 1.20. The minimum Gasteiger partial charge on any atom is -0.383 e. The molecule has 0 unspecified atom stereocenters. The molecule has 2 N–H and O–H groups in total. The van der Waals surface area contributed by atoms with Crippen molar-refractivity contribution in [2.75, 3.05) is 5.73 Å². The normalized spacial score (nSPS) is 11.1. The number of rotatable bonds is 1. The number of halogens is 3. The fourth-order valence-electron chi connectivity index (χ4n) is 1.89. The van der Waals surface area contributed by atoms with E-state index in [0.717, 1.165) is 11.2 Å². The lowest BCUT2D eigenvalue weighted by Gasteiger charge is -2.01. The third-order valence-electron chi connectivity index (χ3n) is 2.81. The van der Waals surface area contributed by atoms with Crippen LogP contribution in [0.25, 0.3) is 16.9 Å². The number of fused-ring (bicyclic) bond motifs is 1. The molecular weight excluding hydrogens is 305 g/mol. The van der Waals surface area contributed by atoms with Gasteiger partial charge in [0.05, 0.1) is 15.1 Å². The number of imidazole rings is 1. The number of anilines is 1. The monoisotopic (exact) mass is 311 g/mol. The van der Waals surface area contributed by atoms with Gasteiger partial charge in [0.2, 0.25) is 0 Å². The van der Waals surface area contributed by atoms with Crippen LogP contribution >= 0.6 is 34.8 Å². The first-order valence-electron chi connectivity index (χ1n) is 5.45. The summed E-state index contributed by atoms with van der Waals surface area (Å²) in [5.74, 6) is 0.510. The maximum Gasteiger partial charge on any atom is 0.139 e. The molecule has 0 aliphatic rings. The Morgan fingerprint density at radius 3 is 2.53 bits per heavy atom. The van der Waals surface area contributed by atoms with Crippen LogP contribution < -0.4 is 5.73 Å². The molecule has 0 radical (unpaired) electrons. The zero-order chi connectivity index (χ0) is 13.6. The van der Waals surface area contributed by atoms with Gasteiger partial charge in [-0.15, -0.1) is 0 Å². The van der Waals surface area contributed by atoms with Crippen LogP contribution in [-0.4, -0.2) is 9.38 Å². The van der Waals surface area contributed by atoms with Crippen molar-refractivity contribution >= 4 is 46.3 Å². The van der Waals surface area contributed by atoms with Gasteiger partial charge in [-0.05, 0) is 24.3 Å². The van der Waals surface area contributed by atoms with Gasteiger partial charge in [-0.3, -0.25) is 4.40 Å². The Morgan fingerprint density at radius 2 is 1.79 bits per heavy atom. The number of hydrogen-bond acceptors (Lipinski definition) is 2. The summed E-state index contributed by atoms with van der Waals surface area (Å²) >= 11 is 17.9. The van der Waals surface area contributed by atoms with Crippen molar-refractivity contribution in [2.45, 2.75) is 0 Å². The zero-order valence-corrected chi connectivity index (χ0v) is 11.8. The molecule has 3 nitrogen and oxygen atoms in total. The number of nitrogen functional groups attached to an aromatic ring is 1. The Kier molecular flexibility index (Phi) is 3.05. The highest BCUT2D eigenvalue weighted by Gasteiger charge is 2.12. The SMILES string of the molecule is Nc1c(-c2ccc(Cl)c(Cl)c2)nc2ccc(Cl)cn12. The first kappa shape index (κ1) is 12.6. The first-order valence-corrected chi connectivity index (χ1v) is 6.58. The summed E-state index contributed by atoms with van der Waals surface area (Å²) in [6.45, 7) is 0. The lowest BCUT2D eigenvalue weighted by Crippen LogP contribution is -1.93. The van der Waals surface area contributed by atoms with Crippen LogP contribution in [0.15, 0.2) is 36.5 Å². The molecule has 0 fully saturated rings. The van der Waals surface area contributed by atoms with Crippen molar-refractivity contribution in [3.63, 3.8) is 0 Å². The van der Waals surface area contributed by atoms with E-state index in [1.807, 2.05) is 6.07 Å². The van der Waals surface area contributed by atoms with Gasteiger partial charge in [0.15, 0.2) is 0 Å². The molecular formula is C13H8Cl3N3. The van der Waals surface area contributed by atoms with E-state index in [2.05, 4.69) is 4.98 Å². The number of pyridine rings is 1. The van der Waals surface area contributed by atoms with Crippen molar-refractivity contribution in [1.29, 1.82) is 0 Å². The Morgan fingerprint density at radius 1 is 1.00 bits per heavy atom. The van der Waals surface area contributed by atoms with Crippen molar-refractivity contribution in [3.05, 3.63) is 51.6 Å². The number of benzene rings is 1. The topological polar surface area (TPSA) is 43.3 Å². The number of nitrogens with two attached hydrogens (primary N) is 1. The Labute approximate surface area is 124 Å². The van der Waals surface area contributed by atoms with E-state index in [1.54, 1.807) is 34.9 Å². The van der Waals surface area contributed by atoms with E-state index in [-0.39, 0.29) is 0 Å². The molecule has 0 saturated carbocycles. The van der Waals surface area contributed by atoms with Gasteiger partial charge in [-0.25, -0.2) is 4.98 Å². The van der Waals surface area contributed by atoms with Gasteiger partial charge >= 0.3 is 0 Å². The van der Waals surface area contributed by atoms with Gasteiger partial charge in [0, 0.05) is 11.8 Å². The molecule has 0 amide bonds. The molecule has 3 rings (SSSR count). The van der Waals surface area contributed by atoms with Gasteiger partial charge < -0.3 is 5.73 Å². The number of aromatic nitrogens is 2. The standard InChI is InChI=1S/C13H8Cl3N3/c14-8-2-4-11-18-12(13(17)19(11)6-8)7-1-3-9(15)10(16)5-7/h1-6H,17H2. The highest BCUT2D eigenvalue weighted by Crippen LogP contribution is 2.32. The summed E-state index contributed by atoms with van der Waals surface area (Å²) in [5.41, 5.74) is 8.28. The molecule has 96 valence electrons. The van der Waals surface area contributed by atoms with E-state index in [4.69, 9.17) is 40.5 Å². The van der Waals surface area contributed by atoms with E-state index in [9.17, 15) is 0 Å². The molecule has 0 saturated heterocycles. The van der Waals surface area contributed by atoms with Gasteiger partial charge in [0.25, 0.3) is 0 Å². The maximum atomic E-state index is 6.09. The molecule has 1 aromatic carbocycles. The highest BCUT2D eigenvalue weighted by molar-refractivity contribution is 6.42. The van der Waals surface area contributed by atoms with Crippen LogP contribution in [0, 0.1) is 0 Å². The second-order valence-electron chi connectivity index (χ2n) is 4.05. The largest absolute Gasteiger partial charge is 0.383 e. The van der Waals surface area contributed by atoms with E-state index in [0.29, 0.717) is 26.6 Å². The summed E-state index contributed by atoms with van der Waals surface area (Å²) in [7, 11) is 0. The minimum atomic E-state index is 0.466. The van der Waals surface area contributed by atoms with Crippen molar-refractivity contribution < 1.29 is 0 Å². The maximum absolute atomic E-state index is 6.09. The second-order valence-corrected chi connectivity index (χ2v) is 5.30. The summed E-state index contributed by atoms with van der Waals surface area (Å²) in [5, 5.41) is 1.56. The fraction of sp³-hybridized carbons (Fsp3) is 0. The zero-order valence-electron chi connectivity index (χ0n) is 9.57. The summed E-state index contributed by atoms with van der Waals surface area (Å²) in [6.07, 6.45) is 1.72. The quantitative estimate of drug-likeness (QED) is 0.716. The number of nitrogens with zero attached hydrogens (tertiary/aromatic N) is 2. The van der Waals surface area contributed by atoms with Crippen LogP contribution in [0.4, 0.5) is 5.82 Å². The molecule has 19 heavy (non-hydrogen) atoms. The second kappa shape index (κ2) is 4.60. The molecule has 0 aliphatic carbocycles. The average Bonchev–Trinajstić information content (AvgIpc) is 2.70. The van der Waals surface area contributed by atoms with E-state index >= 15 is 0 Å². The summed E-state index contributed by atoms with van der Waals surface area (Å²) in [6, 6.07) is 8.86. The molecule has 0 bridgehead atoms. The molecule has 2 heterocycles. The van der Waals surface area contributed by atoms with E-state index < -0.39 is 0 Å². The Hall–Kier alpha value is -1.42. The van der Waals surface area contributed by atoms with Crippen LogP contribution in [-0.2, 0) is 0 Å². The van der Waals surface area contributed by atoms with Crippen LogP contribution in [0.3, 0.4) is 0 Å². The smallest absolute Gasteiger partial charge is 0.139 e. The lowest BCUT2D eigenvalue weighted by atomic mass is 10.1. The minimum absolute atomic E-state index is 0.466. The van der Waals surface area contributed by atoms with Gasteiger partial charge in [0.1, 0.15) is 17.2 Å². The third-order valence-corrected chi connectivity index (χ3v) is 3.78. The molecule has 6 heteroatoms. The Balaban J connectivity index is 2.24. The molecule has 3 aromatic rings. The summed E-state index contributed by atoms with van der Waals surface area (Å²) < 4.78 is 1.74. The predicted octanol–water partition coefficient (Wildman–Crippen LogP) is 4.54.